The van der Waals surface area contributed by atoms with Gasteiger partial charge in [-0.05, 0) is 31.2 Å². The zero-order valence-electron chi connectivity index (χ0n) is 14.9. The summed E-state index contributed by atoms with van der Waals surface area (Å²) < 4.78 is 20.8. The minimum absolute atomic E-state index is 0.0360. The van der Waals surface area contributed by atoms with Crippen LogP contribution in [0.4, 0.5) is 4.39 Å². The lowest BCUT2D eigenvalue weighted by Gasteiger charge is -2.33. The van der Waals surface area contributed by atoms with E-state index in [1.165, 1.54) is 43.3 Å². The van der Waals surface area contributed by atoms with Crippen LogP contribution in [0, 0.1) is 5.82 Å². The summed E-state index contributed by atoms with van der Waals surface area (Å²) in [5, 5.41) is 19.2. The molecule has 0 saturated carbocycles. The average molecular weight is 380 g/mol. The van der Waals surface area contributed by atoms with Gasteiger partial charge in [0.2, 0.25) is 0 Å². The van der Waals surface area contributed by atoms with Crippen LogP contribution in [0.3, 0.4) is 0 Å². The number of hydrogen-bond donors (Lipinski definition) is 2. The Morgan fingerprint density at radius 1 is 0.821 bits per heavy atom. The number of rotatable bonds is 6. The van der Waals surface area contributed by atoms with Crippen LogP contribution in [0.25, 0.3) is 0 Å². The maximum atomic E-state index is 14.7. The van der Waals surface area contributed by atoms with Crippen LogP contribution in [0.1, 0.15) is 38.8 Å². The molecule has 3 aromatic carbocycles. The summed E-state index contributed by atoms with van der Waals surface area (Å²) >= 11 is 0. The molecule has 5 nitrogen and oxygen atoms in total. The molecule has 0 aliphatic rings. The zero-order chi connectivity index (χ0) is 20.3. The van der Waals surface area contributed by atoms with Gasteiger partial charge in [0.25, 0.3) is 0 Å². The molecule has 0 amide bonds. The molecular weight excluding hydrogens is 363 g/mol. The zero-order valence-corrected chi connectivity index (χ0v) is 14.9. The monoisotopic (exact) mass is 380 g/mol. The third-order valence-electron chi connectivity index (χ3n) is 4.48. The van der Waals surface area contributed by atoms with E-state index in [1.54, 1.807) is 36.4 Å². The van der Waals surface area contributed by atoms with Crippen LogP contribution < -0.4 is 4.74 Å². The number of benzene rings is 3. The third-order valence-corrected chi connectivity index (χ3v) is 4.48. The summed E-state index contributed by atoms with van der Waals surface area (Å²) in [5.41, 5.74) is -2.31. The molecule has 3 aromatic rings. The molecule has 1 atom stereocenters. The first-order valence-electron chi connectivity index (χ1n) is 8.43. The van der Waals surface area contributed by atoms with Crippen molar-refractivity contribution in [2.24, 2.45) is 0 Å². The highest BCUT2D eigenvalue weighted by atomic mass is 19.1. The van der Waals surface area contributed by atoms with Gasteiger partial charge in [-0.1, -0.05) is 48.5 Å². The van der Waals surface area contributed by atoms with Crippen molar-refractivity contribution in [3.8, 4) is 5.75 Å². The van der Waals surface area contributed by atoms with Crippen LogP contribution >= 0.6 is 0 Å². The first-order valence-corrected chi connectivity index (χ1v) is 8.43. The lowest BCUT2D eigenvalue weighted by atomic mass is 9.83. The molecule has 0 fully saturated rings. The van der Waals surface area contributed by atoms with Crippen molar-refractivity contribution < 1.29 is 28.9 Å². The fourth-order valence-electron chi connectivity index (χ4n) is 3.19. The number of halogens is 1. The highest BCUT2D eigenvalue weighted by molar-refractivity contribution is 6.03. The number of carbonyl (C=O) groups is 2. The number of carboxylic acid groups (broad SMARTS) is 2. The van der Waals surface area contributed by atoms with Gasteiger partial charge in [-0.3, -0.25) is 0 Å². The van der Waals surface area contributed by atoms with Crippen LogP contribution in [0.15, 0.2) is 72.8 Å². The Hall–Kier alpha value is -3.67. The minimum Gasteiger partial charge on any atom is -0.478 e. The molecular formula is C22H17FO5. The Bertz CT molecular complexity index is 1030. The van der Waals surface area contributed by atoms with Gasteiger partial charge in [0, 0.05) is 11.1 Å². The Kier molecular flexibility index (Phi) is 5.13. The molecule has 6 heteroatoms. The van der Waals surface area contributed by atoms with Gasteiger partial charge in [0.1, 0.15) is 11.6 Å². The van der Waals surface area contributed by atoms with E-state index in [2.05, 4.69) is 0 Å². The quantitative estimate of drug-likeness (QED) is 0.655. The van der Waals surface area contributed by atoms with E-state index in [-0.39, 0.29) is 11.1 Å². The van der Waals surface area contributed by atoms with Crippen molar-refractivity contribution in [1.29, 1.82) is 0 Å². The lowest BCUT2D eigenvalue weighted by molar-refractivity contribution is 0.0640. The molecule has 0 aromatic heterocycles. The summed E-state index contributed by atoms with van der Waals surface area (Å²) in [4.78, 5) is 23.5. The number of para-hydroxylation sites is 1. The van der Waals surface area contributed by atoms with Gasteiger partial charge < -0.3 is 14.9 Å². The second-order valence-electron chi connectivity index (χ2n) is 6.27. The molecule has 0 unspecified atom stereocenters. The topological polar surface area (TPSA) is 83.8 Å². The first kappa shape index (κ1) is 19.1. The van der Waals surface area contributed by atoms with Crippen LogP contribution in [-0.4, -0.2) is 22.2 Å². The predicted octanol–water partition coefficient (Wildman–Crippen LogP) is 4.56. The molecule has 0 bridgehead atoms. The molecule has 2 N–H and O–H groups in total. The molecule has 0 aliphatic heterocycles. The van der Waals surface area contributed by atoms with Gasteiger partial charge in [0.15, 0.2) is 5.60 Å². The van der Waals surface area contributed by atoms with Crippen molar-refractivity contribution in [1.82, 2.24) is 0 Å². The number of carboxylic acids is 2. The Morgan fingerprint density at radius 2 is 1.43 bits per heavy atom. The van der Waals surface area contributed by atoms with Gasteiger partial charge in [0.05, 0.1) is 11.1 Å². The summed E-state index contributed by atoms with van der Waals surface area (Å²) in [7, 11) is 0. The van der Waals surface area contributed by atoms with Gasteiger partial charge in [-0.25, -0.2) is 14.0 Å². The van der Waals surface area contributed by atoms with Gasteiger partial charge >= 0.3 is 11.9 Å². The second kappa shape index (κ2) is 7.52. The van der Waals surface area contributed by atoms with Crippen molar-refractivity contribution in [2.45, 2.75) is 12.5 Å². The molecule has 142 valence electrons. The molecule has 0 aliphatic carbocycles. The Morgan fingerprint density at radius 3 is 2.04 bits per heavy atom. The molecule has 0 saturated heterocycles. The fraction of sp³-hybridized carbons (Fsp3) is 0.0909. The van der Waals surface area contributed by atoms with E-state index in [9.17, 15) is 24.2 Å². The highest BCUT2D eigenvalue weighted by Crippen LogP contribution is 2.38. The molecule has 0 heterocycles. The maximum Gasteiger partial charge on any atom is 0.337 e. The highest BCUT2D eigenvalue weighted by Gasteiger charge is 2.39. The van der Waals surface area contributed by atoms with E-state index in [0.717, 1.165) is 0 Å². The normalized spacial score (nSPS) is 12.8. The molecule has 3 rings (SSSR count). The average Bonchev–Trinajstić information content (AvgIpc) is 2.68. The largest absolute Gasteiger partial charge is 0.478 e. The van der Waals surface area contributed by atoms with Crippen molar-refractivity contribution in [3.63, 3.8) is 0 Å². The van der Waals surface area contributed by atoms with E-state index >= 15 is 0 Å². The lowest BCUT2D eigenvalue weighted by Crippen LogP contribution is -2.34. The summed E-state index contributed by atoms with van der Waals surface area (Å²) in [5.74, 6) is -3.05. The summed E-state index contributed by atoms with van der Waals surface area (Å²) in [6, 6.07) is 18.4. The van der Waals surface area contributed by atoms with Gasteiger partial charge in [-0.2, -0.15) is 0 Å². The molecule has 0 radical (unpaired) electrons. The fourth-order valence-corrected chi connectivity index (χ4v) is 3.19. The maximum absolute atomic E-state index is 14.7. The van der Waals surface area contributed by atoms with Crippen LogP contribution in [0.5, 0.6) is 5.75 Å². The number of hydrogen-bond acceptors (Lipinski definition) is 3. The molecule has 28 heavy (non-hydrogen) atoms. The van der Waals surface area contributed by atoms with Gasteiger partial charge in [-0.15, -0.1) is 0 Å². The van der Waals surface area contributed by atoms with E-state index in [1.807, 2.05) is 0 Å². The summed E-state index contributed by atoms with van der Waals surface area (Å²) in [6.45, 7) is 1.52. The van der Waals surface area contributed by atoms with Crippen molar-refractivity contribution in [2.75, 3.05) is 0 Å². The standard InChI is InChI=1S/C22H17FO5/c1-22(16-11-5-6-13-18(16)23,28-14-8-3-2-4-9-14)17-12-7-10-15(20(24)25)19(17)21(26)27/h2-13H,1H3,(H,24,25)(H,26,27)/t22-/m1/s1. The number of aromatic carboxylic acids is 2. The first-order chi connectivity index (χ1) is 13.3. The van der Waals surface area contributed by atoms with Crippen molar-refractivity contribution >= 4 is 11.9 Å². The van der Waals surface area contributed by atoms with E-state index in [0.29, 0.717) is 5.75 Å². The summed E-state index contributed by atoms with van der Waals surface area (Å²) in [6.07, 6.45) is 0. The Balaban J connectivity index is 2.32. The van der Waals surface area contributed by atoms with Crippen LogP contribution in [0.2, 0.25) is 0 Å². The van der Waals surface area contributed by atoms with E-state index < -0.39 is 34.5 Å². The predicted molar refractivity (Wildman–Crippen MR) is 100 cm³/mol. The molecule has 0 spiro atoms. The SMILES string of the molecule is C[C@@](Oc1ccccc1)(c1ccccc1F)c1cccc(C(=O)O)c1C(=O)O. The third kappa shape index (κ3) is 3.44. The smallest absolute Gasteiger partial charge is 0.337 e. The van der Waals surface area contributed by atoms with Crippen LogP contribution in [-0.2, 0) is 5.60 Å². The minimum atomic E-state index is -1.59. The van der Waals surface area contributed by atoms with Crippen molar-refractivity contribution in [3.05, 3.63) is 101 Å². The second-order valence-corrected chi connectivity index (χ2v) is 6.27. The Labute approximate surface area is 160 Å². The van der Waals surface area contributed by atoms with E-state index in [4.69, 9.17) is 4.74 Å². The number of ether oxygens (including phenoxy) is 1.